The SMILES string of the molecule is CC1=NC(Cl)=C(c2ccc(C)cn2)C1.CC1=NC(Cl)=C(c2ccc(C)nc2)C1.CC1=NC(Cl)=C(c2ccc(C)nc2)C1.CC1=NC(Cl)=C(c2ccc3c(c2)ncn3C)C1.CC1=NC(Cl)=C(c2cccc(N)c2)C1.CC1=NC(Cl)=C(c2cccc(N)n2)C1.CC1=NC(F)=C(c2ccc(C)nc2)C1.CC1=NC=C(c2ccc3c(N)cccc3c2)C1.CCc1ccc(C2=C(Cl)N=C(C)C2)cn1.CNc1cccc(C2=C(Cl)N=C(C)C2)c1. The number of nitrogens with two attached hydrogens (primary N) is 3. The van der Waals surface area contributed by atoms with Crippen molar-refractivity contribution >= 4 is 250 Å². The smallest absolute Gasteiger partial charge is 0.217 e. The fraction of sp³-hybridized carbons (Fsp3) is 0.239. The largest absolute Gasteiger partial charge is 0.399 e. The lowest BCUT2D eigenvalue weighted by molar-refractivity contribution is 0.635. The van der Waals surface area contributed by atoms with Crippen LogP contribution in [-0.4, -0.2) is 104 Å². The summed E-state index contributed by atoms with van der Waals surface area (Å²) in [4.78, 5) is 71.6. The number of nitrogen functional groups attached to an aromatic ring is 3. The van der Waals surface area contributed by atoms with E-state index in [2.05, 4.69) is 165 Å². The topological polar surface area (TPSA) is 309 Å². The molecule has 7 N–H and O–H groups in total. The second-order valence-electron chi connectivity index (χ2n) is 36.8. The molecule has 31 heteroatoms. The molecule has 0 aliphatic carbocycles. The van der Waals surface area contributed by atoms with Crippen molar-refractivity contribution < 1.29 is 4.39 Å². The number of anilines is 4. The van der Waals surface area contributed by atoms with Gasteiger partial charge >= 0.3 is 0 Å². The summed E-state index contributed by atoms with van der Waals surface area (Å²) in [5.41, 5.74) is 58.5. The fourth-order valence-electron chi connectivity index (χ4n) is 16.5. The zero-order valence-corrected chi connectivity index (χ0v) is 91.9. The van der Waals surface area contributed by atoms with Gasteiger partial charge in [0.25, 0.3) is 0 Å². The van der Waals surface area contributed by atoms with Crippen LogP contribution in [0.1, 0.15) is 225 Å². The van der Waals surface area contributed by atoms with Crippen LogP contribution >= 0.6 is 92.8 Å². The molecule has 0 atom stereocenters. The lowest BCUT2D eigenvalue weighted by Gasteiger charge is -2.06. The van der Waals surface area contributed by atoms with Gasteiger partial charge in [0.15, 0.2) is 0 Å². The number of halogens is 9. The summed E-state index contributed by atoms with van der Waals surface area (Å²) in [6.45, 7) is 29.7. The molecule has 0 unspecified atom stereocenters. The minimum atomic E-state index is -0.367. The van der Waals surface area contributed by atoms with Gasteiger partial charge in [-0.25, -0.2) is 54.9 Å². The number of hydrogen-bond donors (Lipinski definition) is 4. The van der Waals surface area contributed by atoms with Crippen molar-refractivity contribution in [2.24, 2.45) is 57.0 Å². The molecular formula is C117H117Cl8FN22. The van der Waals surface area contributed by atoms with E-state index in [4.69, 9.17) is 110 Å². The molecular weight excluding hydrogens is 2020 g/mol. The Bertz CT molecular complexity index is 7310. The van der Waals surface area contributed by atoms with Crippen LogP contribution in [0.3, 0.4) is 0 Å². The van der Waals surface area contributed by atoms with Gasteiger partial charge in [-0.1, -0.05) is 191 Å². The third-order valence-electron chi connectivity index (χ3n) is 24.3. The van der Waals surface area contributed by atoms with Crippen LogP contribution < -0.4 is 22.5 Å². The first-order valence-electron chi connectivity index (χ1n) is 48.1. The minimum absolute atomic E-state index is 0.367. The molecule has 22 nitrogen and oxygen atoms in total. The summed E-state index contributed by atoms with van der Waals surface area (Å²) >= 11 is 48.3. The van der Waals surface area contributed by atoms with E-state index in [1.54, 1.807) is 12.3 Å². The number of allylic oxidation sites excluding steroid dienone is 10. The molecule has 0 saturated carbocycles. The third-order valence-corrected chi connectivity index (χ3v) is 26.8. The number of pyridine rings is 6. The summed E-state index contributed by atoms with van der Waals surface area (Å²) < 4.78 is 15.3. The molecule has 10 aliphatic rings. The highest BCUT2D eigenvalue weighted by Gasteiger charge is 2.25. The number of nitrogens with zero attached hydrogens (tertiary/aromatic N) is 18. The van der Waals surface area contributed by atoms with Crippen molar-refractivity contribution in [1.29, 1.82) is 0 Å². The zero-order valence-electron chi connectivity index (χ0n) is 85.8. The van der Waals surface area contributed by atoms with Crippen molar-refractivity contribution in [2.45, 2.75) is 174 Å². The van der Waals surface area contributed by atoms with Gasteiger partial charge in [0.2, 0.25) is 5.95 Å². The number of aromatic nitrogens is 8. The van der Waals surface area contributed by atoms with E-state index in [-0.39, 0.29) is 5.95 Å². The predicted molar refractivity (Wildman–Crippen MR) is 630 cm³/mol. The molecule has 22 rings (SSSR count). The molecule has 0 fully saturated rings. The average molecular weight is 2130 g/mol. The van der Waals surface area contributed by atoms with E-state index in [9.17, 15) is 4.39 Å². The van der Waals surface area contributed by atoms with Crippen LogP contribution in [0.15, 0.2) is 323 Å². The Balaban J connectivity index is 0.000000137. The standard InChI is InChI=1S/C15H14N2.C13H12ClN3.2C12H13ClN2.4C11H11ClN2.C11H11FN2.C10H10ClN3/c1-10-7-13(9-17-10)11-5-6-14-12(8-11)3-2-4-15(14)16;1-8-5-10(13(14)16-8)9-3-4-12-11(6-9)15-7-17(12)2;1-8-6-11(12(13)15-8)9-4-3-5-10(7-9)14-2;1-3-10-5-4-9(7-14-10)11-6-8(2)15-12(11)13;2*1-7-3-4-9(6-13-7)10-5-8(2)14-11(10)12;1-7-3-4-10(13-6-7)9-5-8(2)14-11(9)12;1-7-5-10(11(12)14-7)8-3-2-4-9(13)6-8;1-7-3-4-9(6-13-7)10-5-8(2)14-11(10)12;1-6-5-7(10(11)13-6)8-3-2-4-9(12)14-8/h2-6,8-9H,7,16H2,1H3;3-4,6-7H,5H2,1-2H3;3-5,7,14H,6H2,1-2H3;4-5,7H,3,6H2,1-2H3;3*3-4,6H,5H2,1-2H3;2-4,6H,5,13H2,1H3;3-4,6H,5H2,1-2H3;2-4H,5H2,1H3,(H2,12,14). The van der Waals surface area contributed by atoms with E-state index >= 15 is 0 Å². The van der Waals surface area contributed by atoms with Crippen LogP contribution in [0.4, 0.5) is 27.3 Å². The average Bonchev–Trinajstić information content (AvgIpc) is 1.67. The molecule has 0 bridgehead atoms. The normalized spacial score (nSPS) is 15.8. The number of imidazole rings is 1. The van der Waals surface area contributed by atoms with Crippen LogP contribution in [0.2, 0.25) is 0 Å². The maximum atomic E-state index is 13.3. The second kappa shape index (κ2) is 52.2. The fourth-order valence-corrected chi connectivity index (χ4v) is 19.1. The molecule has 7 aromatic heterocycles. The summed E-state index contributed by atoms with van der Waals surface area (Å²) in [7, 11) is 3.90. The maximum Gasteiger partial charge on any atom is 0.217 e. The van der Waals surface area contributed by atoms with E-state index in [0.717, 1.165) is 272 Å². The van der Waals surface area contributed by atoms with E-state index < -0.39 is 0 Å². The van der Waals surface area contributed by atoms with Crippen LogP contribution in [0.25, 0.3) is 77.5 Å². The summed E-state index contributed by atoms with van der Waals surface area (Å²) in [5.74, 6) is 0.136. The highest BCUT2D eigenvalue weighted by molar-refractivity contribution is 6.38. The van der Waals surface area contributed by atoms with Gasteiger partial charge in [-0.05, 0) is 250 Å². The zero-order chi connectivity index (χ0) is 106. The van der Waals surface area contributed by atoms with Crippen molar-refractivity contribution in [3.05, 3.63) is 357 Å². The number of benzene rings is 5. The Morgan fingerprint density at radius 1 is 0.338 bits per heavy atom. The first-order valence-corrected chi connectivity index (χ1v) is 51.1. The summed E-state index contributed by atoms with van der Waals surface area (Å²) in [6, 6.07) is 60.0. The number of hydrogen-bond acceptors (Lipinski definition) is 21. The van der Waals surface area contributed by atoms with Gasteiger partial charge in [0.1, 0.15) is 47.1 Å². The number of rotatable bonds is 12. The van der Waals surface area contributed by atoms with Crippen LogP contribution in [-0.2, 0) is 13.5 Å². The Morgan fingerprint density at radius 2 is 0.743 bits per heavy atom. The molecule has 0 radical (unpaired) electrons. The maximum absolute atomic E-state index is 13.3. The molecule has 0 spiro atoms. The lowest BCUT2D eigenvalue weighted by Crippen LogP contribution is -1.95. The van der Waals surface area contributed by atoms with Crippen LogP contribution in [0, 0.1) is 27.7 Å². The second-order valence-corrected chi connectivity index (χ2v) is 39.6. The first kappa shape index (κ1) is 111. The quantitative estimate of drug-likeness (QED) is 0.0658. The Labute approximate surface area is 905 Å². The molecule has 758 valence electrons. The van der Waals surface area contributed by atoms with Crippen molar-refractivity contribution in [3.8, 4) is 0 Å². The summed E-state index contributed by atoms with van der Waals surface area (Å²) in [5, 5.41) is 10.2. The Morgan fingerprint density at radius 3 is 1.14 bits per heavy atom. The molecule has 10 aliphatic heterocycles. The van der Waals surface area contributed by atoms with Crippen LogP contribution in [0.5, 0.6) is 0 Å². The number of fused-ring (bicyclic) bond motifs is 2. The molecule has 0 amide bonds. The monoisotopic (exact) mass is 2130 g/mol. The predicted octanol–water partition coefficient (Wildman–Crippen LogP) is 31.7. The molecule has 5 aromatic carbocycles. The molecule has 12 aromatic rings. The Hall–Kier alpha value is -13.7. The highest BCUT2D eigenvalue weighted by atomic mass is 35.5. The number of nitrogens with one attached hydrogen (secondary N) is 1. The number of aryl methyl sites for hydroxylation is 6. The van der Waals surface area contributed by atoms with E-state index in [0.29, 0.717) is 59.1 Å². The molecule has 17 heterocycles. The van der Waals surface area contributed by atoms with Gasteiger partial charge < -0.3 is 27.1 Å². The molecule has 0 saturated heterocycles. The minimum Gasteiger partial charge on any atom is -0.399 e. The van der Waals surface area contributed by atoms with E-state index in [1.807, 2.05) is 261 Å². The third kappa shape index (κ3) is 30.8. The first-order chi connectivity index (χ1) is 70.8. The van der Waals surface area contributed by atoms with Crippen molar-refractivity contribution in [3.63, 3.8) is 0 Å². The molecule has 148 heavy (non-hydrogen) atoms. The lowest BCUT2D eigenvalue weighted by atomic mass is 9.99. The van der Waals surface area contributed by atoms with Crippen molar-refractivity contribution in [2.75, 3.05) is 29.6 Å². The van der Waals surface area contributed by atoms with Gasteiger partial charge in [0.05, 0.1) is 28.7 Å². The summed E-state index contributed by atoms with van der Waals surface area (Å²) in [6.07, 6.45) is 22.0. The Kier molecular flexibility index (Phi) is 39.4. The number of aliphatic imine (C=N–C) groups is 10. The van der Waals surface area contributed by atoms with Crippen molar-refractivity contribution in [1.82, 2.24) is 39.5 Å². The van der Waals surface area contributed by atoms with Gasteiger partial charge in [0, 0.05) is 274 Å². The van der Waals surface area contributed by atoms with Gasteiger partial charge in [-0.2, -0.15) is 4.39 Å². The van der Waals surface area contributed by atoms with E-state index in [1.165, 1.54) is 22.2 Å². The highest BCUT2D eigenvalue weighted by Crippen LogP contribution is 2.41. The van der Waals surface area contributed by atoms with Gasteiger partial charge in [-0.3, -0.25) is 29.9 Å². The van der Waals surface area contributed by atoms with Gasteiger partial charge in [-0.15, -0.1) is 0 Å².